The molecule has 3 N–H and O–H groups in total. The number of ether oxygens (including phenoxy) is 1. The van der Waals surface area contributed by atoms with Crippen molar-refractivity contribution in [2.45, 2.75) is 19.4 Å². The standard InChI is InChI=1S/C17H16N2O4/c1-10-8-15(21)19-14-7-3-6-13(16(14)23-10)17(22)18-11-4-2-5-12(20)9-11/h2-7,9-10,20H,8H2,1H3,(H,18,22)(H,19,21)/t10-/m0/s1. The Balaban J connectivity index is 1.92. The summed E-state index contributed by atoms with van der Waals surface area (Å²) in [7, 11) is 0. The highest BCUT2D eigenvalue weighted by molar-refractivity contribution is 6.08. The highest BCUT2D eigenvalue weighted by Gasteiger charge is 2.24. The van der Waals surface area contributed by atoms with Gasteiger partial charge in [-0.05, 0) is 31.2 Å². The maximum atomic E-state index is 12.5. The fourth-order valence-corrected chi connectivity index (χ4v) is 2.43. The minimum absolute atomic E-state index is 0.0619. The lowest BCUT2D eigenvalue weighted by molar-refractivity contribution is -0.117. The van der Waals surface area contributed by atoms with Crippen LogP contribution in [0.1, 0.15) is 23.7 Å². The van der Waals surface area contributed by atoms with Gasteiger partial charge in [-0.1, -0.05) is 12.1 Å². The molecule has 1 aliphatic heterocycles. The van der Waals surface area contributed by atoms with Crippen LogP contribution in [0.5, 0.6) is 11.5 Å². The van der Waals surface area contributed by atoms with E-state index in [1.807, 2.05) is 0 Å². The molecule has 0 radical (unpaired) electrons. The number of carbonyl (C=O) groups excluding carboxylic acids is 2. The largest absolute Gasteiger partial charge is 0.508 e. The minimum atomic E-state index is -0.379. The number of rotatable bonds is 2. The first-order chi connectivity index (χ1) is 11.0. The van der Waals surface area contributed by atoms with Crippen LogP contribution >= 0.6 is 0 Å². The van der Waals surface area contributed by atoms with Gasteiger partial charge in [-0.15, -0.1) is 0 Å². The lowest BCUT2D eigenvalue weighted by atomic mass is 10.1. The third-order valence-electron chi connectivity index (χ3n) is 3.43. The third kappa shape index (κ3) is 3.26. The van der Waals surface area contributed by atoms with Crippen LogP contribution in [0.3, 0.4) is 0 Å². The highest BCUT2D eigenvalue weighted by Crippen LogP contribution is 2.33. The van der Waals surface area contributed by atoms with Gasteiger partial charge >= 0.3 is 0 Å². The summed E-state index contributed by atoms with van der Waals surface area (Å²) in [6.45, 7) is 1.78. The number of phenolic OH excluding ortho intramolecular Hbond substituents is 1. The zero-order valence-corrected chi connectivity index (χ0v) is 12.5. The van der Waals surface area contributed by atoms with E-state index in [4.69, 9.17) is 4.74 Å². The predicted octanol–water partition coefficient (Wildman–Crippen LogP) is 2.75. The number of hydrogen-bond acceptors (Lipinski definition) is 4. The van der Waals surface area contributed by atoms with Crippen molar-refractivity contribution in [2.24, 2.45) is 0 Å². The molecule has 2 amide bonds. The van der Waals surface area contributed by atoms with Crippen molar-refractivity contribution in [3.63, 3.8) is 0 Å². The van der Waals surface area contributed by atoms with Crippen LogP contribution in [0.4, 0.5) is 11.4 Å². The molecule has 0 bridgehead atoms. The van der Waals surface area contributed by atoms with Crippen molar-refractivity contribution in [2.75, 3.05) is 10.6 Å². The van der Waals surface area contributed by atoms with Gasteiger partial charge in [0.1, 0.15) is 11.9 Å². The molecule has 0 spiro atoms. The number of nitrogens with one attached hydrogen (secondary N) is 2. The zero-order valence-electron chi connectivity index (χ0n) is 12.5. The quantitative estimate of drug-likeness (QED) is 0.795. The van der Waals surface area contributed by atoms with Crippen LogP contribution < -0.4 is 15.4 Å². The fraction of sp³-hybridized carbons (Fsp3) is 0.176. The number of benzene rings is 2. The van der Waals surface area contributed by atoms with Gasteiger partial charge in [-0.25, -0.2) is 0 Å². The van der Waals surface area contributed by atoms with Gasteiger partial charge in [0.25, 0.3) is 5.91 Å². The van der Waals surface area contributed by atoms with Crippen molar-refractivity contribution in [1.82, 2.24) is 0 Å². The van der Waals surface area contributed by atoms with E-state index in [0.29, 0.717) is 22.7 Å². The van der Waals surface area contributed by atoms with Gasteiger partial charge in [0.05, 0.1) is 17.7 Å². The number of carbonyl (C=O) groups is 2. The number of para-hydroxylation sites is 1. The van der Waals surface area contributed by atoms with E-state index in [2.05, 4.69) is 10.6 Å². The van der Waals surface area contributed by atoms with E-state index in [9.17, 15) is 14.7 Å². The lowest BCUT2D eigenvalue weighted by Crippen LogP contribution is -2.18. The van der Waals surface area contributed by atoms with Crippen LogP contribution in [-0.4, -0.2) is 23.0 Å². The third-order valence-corrected chi connectivity index (χ3v) is 3.43. The van der Waals surface area contributed by atoms with Crippen LogP contribution in [-0.2, 0) is 4.79 Å². The van der Waals surface area contributed by atoms with Gasteiger partial charge in [-0.3, -0.25) is 9.59 Å². The van der Waals surface area contributed by atoms with Crippen LogP contribution in [0.2, 0.25) is 0 Å². The Morgan fingerprint density at radius 2 is 2.09 bits per heavy atom. The van der Waals surface area contributed by atoms with Crippen LogP contribution in [0.15, 0.2) is 42.5 Å². The second kappa shape index (κ2) is 6.00. The summed E-state index contributed by atoms with van der Waals surface area (Å²) >= 11 is 0. The zero-order chi connectivity index (χ0) is 16.4. The molecule has 0 saturated carbocycles. The smallest absolute Gasteiger partial charge is 0.259 e. The van der Waals surface area contributed by atoms with E-state index < -0.39 is 0 Å². The van der Waals surface area contributed by atoms with Gasteiger partial charge in [0.2, 0.25) is 5.91 Å². The summed E-state index contributed by atoms with van der Waals surface area (Å²) < 4.78 is 5.75. The van der Waals surface area contributed by atoms with E-state index in [-0.39, 0.29) is 30.1 Å². The summed E-state index contributed by atoms with van der Waals surface area (Å²) in [5, 5.41) is 14.9. The maximum Gasteiger partial charge on any atom is 0.259 e. The van der Waals surface area contributed by atoms with Crippen LogP contribution in [0.25, 0.3) is 0 Å². The minimum Gasteiger partial charge on any atom is -0.508 e. The maximum absolute atomic E-state index is 12.5. The topological polar surface area (TPSA) is 87.7 Å². The van der Waals surface area contributed by atoms with Crippen molar-refractivity contribution in [3.8, 4) is 11.5 Å². The molecular weight excluding hydrogens is 296 g/mol. The van der Waals surface area contributed by atoms with Gasteiger partial charge in [-0.2, -0.15) is 0 Å². The fourth-order valence-electron chi connectivity index (χ4n) is 2.43. The number of aromatic hydroxyl groups is 1. The van der Waals surface area contributed by atoms with E-state index in [1.54, 1.807) is 37.3 Å². The Morgan fingerprint density at radius 3 is 2.87 bits per heavy atom. The first kappa shape index (κ1) is 14.9. The molecule has 23 heavy (non-hydrogen) atoms. The first-order valence-electron chi connectivity index (χ1n) is 7.23. The normalized spacial score (nSPS) is 16.6. The summed E-state index contributed by atoms with van der Waals surface area (Å²) in [5.41, 5.74) is 1.26. The summed E-state index contributed by atoms with van der Waals surface area (Å²) in [5.74, 6) is -0.118. The first-order valence-corrected chi connectivity index (χ1v) is 7.23. The van der Waals surface area contributed by atoms with E-state index in [1.165, 1.54) is 12.1 Å². The molecule has 0 fully saturated rings. The van der Waals surface area contributed by atoms with Crippen LogP contribution in [0, 0.1) is 0 Å². The molecule has 0 aliphatic carbocycles. The van der Waals surface area contributed by atoms with E-state index in [0.717, 1.165) is 0 Å². The molecule has 0 aromatic heterocycles. The van der Waals surface area contributed by atoms with Gasteiger partial charge in [0.15, 0.2) is 5.75 Å². The molecule has 6 nitrogen and oxygen atoms in total. The highest BCUT2D eigenvalue weighted by atomic mass is 16.5. The Kier molecular flexibility index (Phi) is 3.89. The summed E-state index contributed by atoms with van der Waals surface area (Å²) in [6.07, 6.45) is -0.103. The molecule has 1 aliphatic rings. The van der Waals surface area contributed by atoms with E-state index >= 15 is 0 Å². The average molecular weight is 312 g/mol. The molecule has 0 saturated heterocycles. The summed E-state index contributed by atoms with van der Waals surface area (Å²) in [6, 6.07) is 11.3. The second-order valence-corrected chi connectivity index (χ2v) is 5.37. The van der Waals surface area contributed by atoms with Crippen molar-refractivity contribution in [1.29, 1.82) is 0 Å². The number of phenols is 1. The SMILES string of the molecule is C[C@H]1CC(=O)Nc2cccc(C(=O)Nc3cccc(O)c3)c2O1. The molecule has 3 rings (SSSR count). The monoisotopic (exact) mass is 312 g/mol. The Morgan fingerprint density at radius 1 is 1.30 bits per heavy atom. The lowest BCUT2D eigenvalue weighted by Gasteiger charge is -2.15. The average Bonchev–Trinajstić information content (AvgIpc) is 2.63. The Bertz CT molecular complexity index is 773. The number of amides is 2. The number of hydrogen-bond donors (Lipinski definition) is 3. The number of fused-ring (bicyclic) bond motifs is 1. The second-order valence-electron chi connectivity index (χ2n) is 5.37. The molecule has 1 heterocycles. The molecule has 2 aromatic rings. The molecule has 0 unspecified atom stereocenters. The van der Waals surface area contributed by atoms with Crippen molar-refractivity contribution >= 4 is 23.2 Å². The van der Waals surface area contributed by atoms with Crippen molar-refractivity contribution in [3.05, 3.63) is 48.0 Å². The Labute approximate surface area is 133 Å². The van der Waals surface area contributed by atoms with Gasteiger partial charge in [0, 0.05) is 11.8 Å². The predicted molar refractivity (Wildman–Crippen MR) is 85.8 cm³/mol. The molecular formula is C17H16N2O4. The van der Waals surface area contributed by atoms with Gasteiger partial charge < -0.3 is 20.5 Å². The molecule has 6 heteroatoms. The molecule has 1 atom stereocenters. The molecule has 2 aromatic carbocycles. The summed E-state index contributed by atoms with van der Waals surface area (Å²) in [4.78, 5) is 24.3. The Hall–Kier alpha value is -3.02. The molecule has 118 valence electrons. The van der Waals surface area contributed by atoms with Crippen molar-refractivity contribution < 1.29 is 19.4 Å². The number of anilines is 2.